The first-order valence-corrected chi connectivity index (χ1v) is 5.48. The van der Waals surface area contributed by atoms with Gasteiger partial charge in [-0.15, -0.1) is 0 Å². The zero-order chi connectivity index (χ0) is 10.7. The van der Waals surface area contributed by atoms with E-state index in [0.717, 1.165) is 12.8 Å². The summed E-state index contributed by atoms with van der Waals surface area (Å²) in [5.41, 5.74) is 1.19. The van der Waals surface area contributed by atoms with Crippen molar-refractivity contribution in [1.29, 1.82) is 0 Å². The first kappa shape index (κ1) is 10.4. The summed E-state index contributed by atoms with van der Waals surface area (Å²) < 4.78 is 0. The molecule has 1 aliphatic rings. The van der Waals surface area contributed by atoms with Crippen LogP contribution in [0.25, 0.3) is 0 Å². The fraction of sp³-hybridized carbons (Fsp3) is 0.462. The molecule has 1 aliphatic carbocycles. The third-order valence-corrected chi connectivity index (χ3v) is 3.28. The molecule has 1 aromatic rings. The van der Waals surface area contributed by atoms with Gasteiger partial charge in [0.25, 0.3) is 0 Å². The van der Waals surface area contributed by atoms with Gasteiger partial charge in [0.1, 0.15) is 5.78 Å². The van der Waals surface area contributed by atoms with Crippen LogP contribution in [0, 0.1) is 11.8 Å². The third-order valence-electron chi connectivity index (χ3n) is 3.28. The molecule has 0 saturated heterocycles. The molecular weight excluding hydrogens is 188 g/mol. The molecule has 2 unspecified atom stereocenters. The molecular formula is C13H16O2. The number of carbonyl (C=O) groups is 1. The number of benzene rings is 1. The van der Waals surface area contributed by atoms with Crippen LogP contribution < -0.4 is 0 Å². The zero-order valence-electron chi connectivity index (χ0n) is 8.73. The van der Waals surface area contributed by atoms with Gasteiger partial charge in [-0.1, -0.05) is 30.3 Å². The van der Waals surface area contributed by atoms with Crippen molar-refractivity contribution >= 4 is 5.78 Å². The maximum absolute atomic E-state index is 11.6. The minimum Gasteiger partial charge on any atom is -0.396 e. The van der Waals surface area contributed by atoms with Crippen molar-refractivity contribution in [3.8, 4) is 0 Å². The highest BCUT2D eigenvalue weighted by Crippen LogP contribution is 2.30. The summed E-state index contributed by atoms with van der Waals surface area (Å²) in [7, 11) is 0. The molecule has 1 fully saturated rings. The van der Waals surface area contributed by atoms with Gasteiger partial charge in [0, 0.05) is 18.9 Å². The summed E-state index contributed by atoms with van der Waals surface area (Å²) in [5.74, 6) is 0.535. The lowest BCUT2D eigenvalue weighted by Gasteiger charge is -2.15. The summed E-state index contributed by atoms with van der Waals surface area (Å²) in [5, 5.41) is 9.18. The van der Waals surface area contributed by atoms with Crippen LogP contribution in [-0.2, 0) is 11.2 Å². The van der Waals surface area contributed by atoms with E-state index >= 15 is 0 Å². The largest absolute Gasteiger partial charge is 0.396 e. The van der Waals surface area contributed by atoms with Crippen molar-refractivity contribution in [2.75, 3.05) is 6.61 Å². The van der Waals surface area contributed by atoms with E-state index in [1.807, 2.05) is 30.3 Å². The van der Waals surface area contributed by atoms with Crippen molar-refractivity contribution in [3.05, 3.63) is 35.9 Å². The van der Waals surface area contributed by atoms with E-state index in [-0.39, 0.29) is 18.4 Å². The normalized spacial score (nSPS) is 25.8. The topological polar surface area (TPSA) is 37.3 Å². The number of Topliss-reactive ketones (excluding diaryl/α,β-unsaturated/α-hetero) is 1. The highest BCUT2D eigenvalue weighted by Gasteiger charge is 2.33. The van der Waals surface area contributed by atoms with Crippen molar-refractivity contribution in [1.82, 2.24) is 0 Å². The maximum Gasteiger partial charge on any atom is 0.136 e. The van der Waals surface area contributed by atoms with E-state index in [9.17, 15) is 9.90 Å². The van der Waals surface area contributed by atoms with Gasteiger partial charge in [0.15, 0.2) is 0 Å². The number of hydrogen-bond acceptors (Lipinski definition) is 2. The Morgan fingerprint density at radius 2 is 2.00 bits per heavy atom. The minimum atomic E-state index is 0.0393. The molecule has 2 nitrogen and oxygen atoms in total. The smallest absolute Gasteiger partial charge is 0.136 e. The van der Waals surface area contributed by atoms with E-state index in [1.165, 1.54) is 5.56 Å². The Kier molecular flexibility index (Phi) is 3.17. The van der Waals surface area contributed by atoms with Crippen LogP contribution in [-0.4, -0.2) is 17.5 Å². The number of carbonyl (C=O) groups excluding carboxylic acids is 1. The maximum atomic E-state index is 11.6. The SMILES string of the molecule is O=C1CCC(CO)C1Cc1ccccc1. The van der Waals surface area contributed by atoms with E-state index in [4.69, 9.17) is 0 Å². The second kappa shape index (κ2) is 4.58. The Balaban J connectivity index is 2.07. The number of aliphatic hydroxyl groups excluding tert-OH is 1. The molecule has 1 aromatic carbocycles. The predicted molar refractivity (Wildman–Crippen MR) is 58.5 cm³/mol. The summed E-state index contributed by atoms with van der Waals surface area (Å²) >= 11 is 0. The van der Waals surface area contributed by atoms with E-state index in [0.29, 0.717) is 12.2 Å². The molecule has 0 bridgehead atoms. The number of hydrogen-bond donors (Lipinski definition) is 1. The monoisotopic (exact) mass is 204 g/mol. The van der Waals surface area contributed by atoms with Crippen LogP contribution in [0.4, 0.5) is 0 Å². The number of aliphatic hydroxyl groups is 1. The number of rotatable bonds is 3. The van der Waals surface area contributed by atoms with Crippen LogP contribution in [0.5, 0.6) is 0 Å². The average Bonchev–Trinajstić information content (AvgIpc) is 2.62. The lowest BCUT2D eigenvalue weighted by Crippen LogP contribution is -2.20. The Morgan fingerprint density at radius 3 is 2.67 bits per heavy atom. The molecule has 80 valence electrons. The average molecular weight is 204 g/mol. The van der Waals surface area contributed by atoms with Crippen LogP contribution in [0.1, 0.15) is 18.4 Å². The van der Waals surface area contributed by atoms with Crippen LogP contribution in [0.2, 0.25) is 0 Å². The molecule has 0 aromatic heterocycles. The van der Waals surface area contributed by atoms with Crippen molar-refractivity contribution < 1.29 is 9.90 Å². The van der Waals surface area contributed by atoms with Gasteiger partial charge in [-0.3, -0.25) is 4.79 Å². The summed E-state index contributed by atoms with van der Waals surface area (Å²) in [6.45, 7) is 0.142. The molecule has 2 rings (SSSR count). The third kappa shape index (κ3) is 2.26. The summed E-state index contributed by atoms with van der Waals surface area (Å²) in [6.07, 6.45) is 2.28. The lowest BCUT2D eigenvalue weighted by molar-refractivity contribution is -0.121. The Bertz CT molecular complexity index is 332. The highest BCUT2D eigenvalue weighted by molar-refractivity contribution is 5.83. The fourth-order valence-corrected chi connectivity index (χ4v) is 2.34. The molecule has 0 amide bonds. The van der Waals surface area contributed by atoms with E-state index < -0.39 is 0 Å². The van der Waals surface area contributed by atoms with Gasteiger partial charge in [-0.05, 0) is 24.3 Å². The number of ketones is 1. The van der Waals surface area contributed by atoms with Crippen molar-refractivity contribution in [2.24, 2.45) is 11.8 Å². The standard InChI is InChI=1S/C13H16O2/c14-9-11-6-7-13(15)12(11)8-10-4-2-1-3-5-10/h1-5,11-12,14H,6-9H2. The molecule has 0 aliphatic heterocycles. The molecule has 1 saturated carbocycles. The van der Waals surface area contributed by atoms with Crippen LogP contribution in [0.3, 0.4) is 0 Å². The lowest BCUT2D eigenvalue weighted by atomic mass is 9.90. The van der Waals surface area contributed by atoms with Crippen LogP contribution >= 0.6 is 0 Å². The zero-order valence-corrected chi connectivity index (χ0v) is 8.73. The highest BCUT2D eigenvalue weighted by atomic mass is 16.3. The van der Waals surface area contributed by atoms with E-state index in [2.05, 4.69) is 0 Å². The van der Waals surface area contributed by atoms with Gasteiger partial charge in [0.05, 0.1) is 0 Å². The Labute approximate surface area is 89.9 Å². The molecule has 0 radical (unpaired) electrons. The molecule has 2 atom stereocenters. The summed E-state index contributed by atoms with van der Waals surface area (Å²) in [4.78, 5) is 11.6. The van der Waals surface area contributed by atoms with Gasteiger partial charge < -0.3 is 5.11 Å². The summed E-state index contributed by atoms with van der Waals surface area (Å²) in [6, 6.07) is 10.0. The molecule has 2 heteroatoms. The second-order valence-electron chi connectivity index (χ2n) is 4.24. The quantitative estimate of drug-likeness (QED) is 0.815. The van der Waals surface area contributed by atoms with Gasteiger partial charge in [-0.2, -0.15) is 0 Å². The van der Waals surface area contributed by atoms with Gasteiger partial charge in [-0.25, -0.2) is 0 Å². The van der Waals surface area contributed by atoms with Gasteiger partial charge >= 0.3 is 0 Å². The molecule has 1 N–H and O–H groups in total. The Morgan fingerprint density at radius 1 is 1.27 bits per heavy atom. The Hall–Kier alpha value is -1.15. The van der Waals surface area contributed by atoms with Crippen molar-refractivity contribution in [2.45, 2.75) is 19.3 Å². The van der Waals surface area contributed by atoms with Crippen molar-refractivity contribution in [3.63, 3.8) is 0 Å². The second-order valence-corrected chi connectivity index (χ2v) is 4.24. The minimum absolute atomic E-state index is 0.0393. The first-order valence-electron chi connectivity index (χ1n) is 5.48. The van der Waals surface area contributed by atoms with E-state index in [1.54, 1.807) is 0 Å². The molecule has 15 heavy (non-hydrogen) atoms. The molecule has 0 heterocycles. The predicted octanol–water partition coefficient (Wildman–Crippen LogP) is 1.82. The fourth-order valence-electron chi connectivity index (χ4n) is 2.34. The first-order chi connectivity index (χ1) is 7.31. The van der Waals surface area contributed by atoms with Crippen LogP contribution in [0.15, 0.2) is 30.3 Å². The van der Waals surface area contributed by atoms with Gasteiger partial charge in [0.2, 0.25) is 0 Å². The molecule has 0 spiro atoms.